The van der Waals surface area contributed by atoms with Gasteiger partial charge in [0, 0.05) is 18.0 Å². The monoisotopic (exact) mass is 253 g/mol. The minimum absolute atomic E-state index is 0.377. The molecule has 1 saturated heterocycles. The third-order valence-electron chi connectivity index (χ3n) is 3.44. The van der Waals surface area contributed by atoms with E-state index < -0.39 is 0 Å². The first-order valence-electron chi connectivity index (χ1n) is 6.59. The molecule has 1 N–H and O–H groups in total. The van der Waals surface area contributed by atoms with Crippen molar-refractivity contribution < 1.29 is 0 Å². The Hall–Kier alpha value is -0.450. The normalized spacial score (nSPS) is 20.6. The van der Waals surface area contributed by atoms with Crippen LogP contribution in [0.3, 0.4) is 0 Å². The zero-order valence-corrected chi connectivity index (χ0v) is 11.7. The van der Waals surface area contributed by atoms with Crippen molar-refractivity contribution in [1.82, 2.24) is 15.2 Å². The van der Waals surface area contributed by atoms with Crippen LogP contribution in [-0.2, 0) is 0 Å². The van der Waals surface area contributed by atoms with E-state index in [-0.39, 0.29) is 0 Å². The van der Waals surface area contributed by atoms with Gasteiger partial charge in [-0.1, -0.05) is 6.92 Å². The van der Waals surface area contributed by atoms with Crippen LogP contribution < -0.4 is 5.32 Å². The highest BCUT2D eigenvalue weighted by Crippen LogP contribution is 2.13. The largest absolute Gasteiger partial charge is 0.309 e. The van der Waals surface area contributed by atoms with E-state index in [1.54, 1.807) is 11.3 Å². The smallest absolute Gasteiger partial charge is 0.0795 e. The van der Waals surface area contributed by atoms with Crippen LogP contribution in [0, 0.1) is 5.92 Å². The molecule has 1 aliphatic heterocycles. The summed E-state index contributed by atoms with van der Waals surface area (Å²) in [6, 6.07) is 0.377. The Labute approximate surface area is 108 Å². The van der Waals surface area contributed by atoms with E-state index in [0.29, 0.717) is 12.0 Å². The summed E-state index contributed by atoms with van der Waals surface area (Å²) < 4.78 is 0. The Balaban J connectivity index is 1.66. The average molecular weight is 253 g/mol. The van der Waals surface area contributed by atoms with Crippen molar-refractivity contribution in [1.29, 1.82) is 0 Å². The quantitative estimate of drug-likeness (QED) is 0.844. The van der Waals surface area contributed by atoms with Crippen molar-refractivity contribution in [2.24, 2.45) is 5.92 Å². The van der Waals surface area contributed by atoms with E-state index in [4.69, 9.17) is 0 Å². The molecule has 17 heavy (non-hydrogen) atoms. The summed E-state index contributed by atoms with van der Waals surface area (Å²) in [6.07, 6.45) is 2.77. The van der Waals surface area contributed by atoms with Gasteiger partial charge in [-0.2, -0.15) is 0 Å². The summed E-state index contributed by atoms with van der Waals surface area (Å²) in [6.45, 7) is 9.43. The van der Waals surface area contributed by atoms with Crippen LogP contribution in [0.1, 0.15) is 38.4 Å². The van der Waals surface area contributed by atoms with Gasteiger partial charge in [-0.3, -0.25) is 0 Å². The molecule has 0 aromatic carbocycles. The topological polar surface area (TPSA) is 28.2 Å². The lowest BCUT2D eigenvalue weighted by Crippen LogP contribution is -2.32. The van der Waals surface area contributed by atoms with Gasteiger partial charge in [0.2, 0.25) is 0 Å². The van der Waals surface area contributed by atoms with E-state index in [0.717, 1.165) is 6.54 Å². The molecule has 96 valence electrons. The minimum Gasteiger partial charge on any atom is -0.309 e. The van der Waals surface area contributed by atoms with Crippen molar-refractivity contribution in [2.75, 3.05) is 26.2 Å². The summed E-state index contributed by atoms with van der Waals surface area (Å²) in [4.78, 5) is 6.93. The van der Waals surface area contributed by atoms with E-state index in [2.05, 4.69) is 34.4 Å². The predicted octanol–water partition coefficient (Wildman–Crippen LogP) is 2.53. The zero-order chi connectivity index (χ0) is 12.1. The van der Waals surface area contributed by atoms with Crippen molar-refractivity contribution in [3.63, 3.8) is 0 Å². The Morgan fingerprint density at radius 2 is 2.18 bits per heavy atom. The lowest BCUT2D eigenvalue weighted by molar-refractivity contribution is 0.279. The molecule has 1 fully saturated rings. The first-order valence-corrected chi connectivity index (χ1v) is 7.54. The lowest BCUT2D eigenvalue weighted by atomic mass is 10.1. The van der Waals surface area contributed by atoms with Crippen LogP contribution in [0.25, 0.3) is 0 Å². The fraction of sp³-hybridized carbons (Fsp3) is 0.769. The number of hydrogen-bond donors (Lipinski definition) is 1. The van der Waals surface area contributed by atoms with Crippen LogP contribution >= 0.6 is 11.3 Å². The molecule has 0 aliphatic carbocycles. The first-order chi connectivity index (χ1) is 8.25. The summed E-state index contributed by atoms with van der Waals surface area (Å²) in [5.74, 6) is 0.717. The van der Waals surface area contributed by atoms with Gasteiger partial charge in [-0.05, 0) is 45.3 Å². The molecule has 2 heterocycles. The molecule has 2 atom stereocenters. The predicted molar refractivity (Wildman–Crippen MR) is 73.4 cm³/mol. The second kappa shape index (κ2) is 6.47. The first kappa shape index (κ1) is 13.0. The highest BCUT2D eigenvalue weighted by molar-refractivity contribution is 7.07. The number of likely N-dealkylation sites (tertiary alicyclic amines) is 1. The van der Waals surface area contributed by atoms with Crippen LogP contribution in [0.4, 0.5) is 0 Å². The van der Waals surface area contributed by atoms with Gasteiger partial charge in [0.15, 0.2) is 0 Å². The maximum absolute atomic E-state index is 4.34. The third kappa shape index (κ3) is 4.05. The fourth-order valence-corrected chi connectivity index (χ4v) is 3.04. The average Bonchev–Trinajstić information content (AvgIpc) is 2.97. The molecule has 1 aromatic rings. The van der Waals surface area contributed by atoms with Crippen molar-refractivity contribution in [2.45, 2.75) is 32.7 Å². The molecular weight excluding hydrogens is 230 g/mol. The molecule has 1 aromatic heterocycles. The number of nitrogens with one attached hydrogen (secondary N) is 1. The maximum atomic E-state index is 4.34. The second-order valence-electron chi connectivity index (χ2n) is 5.16. The number of rotatable bonds is 6. The van der Waals surface area contributed by atoms with E-state index in [9.17, 15) is 0 Å². The van der Waals surface area contributed by atoms with Gasteiger partial charge in [0.05, 0.1) is 11.2 Å². The third-order valence-corrected chi connectivity index (χ3v) is 4.04. The highest BCUT2D eigenvalue weighted by atomic mass is 32.1. The van der Waals surface area contributed by atoms with E-state index in [1.165, 1.54) is 38.2 Å². The van der Waals surface area contributed by atoms with Gasteiger partial charge in [-0.15, -0.1) is 11.3 Å². The molecule has 0 saturated carbocycles. The Bertz CT molecular complexity index is 306. The molecule has 3 nitrogen and oxygen atoms in total. The molecular formula is C13H23N3S. The van der Waals surface area contributed by atoms with Crippen LogP contribution in [0.5, 0.6) is 0 Å². The van der Waals surface area contributed by atoms with Crippen LogP contribution in [0.2, 0.25) is 0 Å². The molecule has 0 bridgehead atoms. The van der Waals surface area contributed by atoms with E-state index >= 15 is 0 Å². The number of nitrogens with zero attached hydrogens (tertiary/aromatic N) is 2. The Morgan fingerprint density at radius 1 is 1.41 bits per heavy atom. The van der Waals surface area contributed by atoms with Gasteiger partial charge >= 0.3 is 0 Å². The highest BCUT2D eigenvalue weighted by Gasteiger charge is 2.15. The molecule has 0 amide bonds. The standard InChI is InChI=1S/C13H23N3S/c1-11(8-16-5-3-4-6-16)7-14-12(2)13-9-17-10-15-13/h9-12,14H,3-8H2,1-2H3. The SMILES string of the molecule is CC(CNC(C)c1cscn1)CN1CCCC1. The van der Waals surface area contributed by atoms with Gasteiger partial charge in [0.25, 0.3) is 0 Å². The van der Waals surface area contributed by atoms with Gasteiger partial charge in [-0.25, -0.2) is 4.98 Å². The Kier molecular flexibility index (Phi) is 4.95. The fourth-order valence-electron chi connectivity index (χ4n) is 2.39. The van der Waals surface area contributed by atoms with Crippen LogP contribution in [-0.4, -0.2) is 36.1 Å². The second-order valence-corrected chi connectivity index (χ2v) is 5.87. The lowest BCUT2D eigenvalue weighted by Gasteiger charge is -2.22. The summed E-state index contributed by atoms with van der Waals surface area (Å²) >= 11 is 1.67. The van der Waals surface area contributed by atoms with Crippen molar-refractivity contribution >= 4 is 11.3 Å². The molecule has 2 unspecified atom stereocenters. The van der Waals surface area contributed by atoms with Crippen molar-refractivity contribution in [3.8, 4) is 0 Å². The maximum Gasteiger partial charge on any atom is 0.0795 e. The molecule has 0 spiro atoms. The Morgan fingerprint density at radius 3 is 2.82 bits per heavy atom. The number of hydrogen-bond acceptors (Lipinski definition) is 4. The molecule has 2 rings (SSSR count). The van der Waals surface area contributed by atoms with Crippen molar-refractivity contribution in [3.05, 3.63) is 16.6 Å². The molecule has 4 heteroatoms. The van der Waals surface area contributed by atoms with Gasteiger partial charge in [0.1, 0.15) is 0 Å². The molecule has 1 aliphatic rings. The summed E-state index contributed by atoms with van der Waals surface area (Å²) in [5.41, 5.74) is 3.07. The number of thiazole rings is 1. The summed E-state index contributed by atoms with van der Waals surface area (Å²) in [5, 5.41) is 5.70. The minimum atomic E-state index is 0.377. The number of aromatic nitrogens is 1. The van der Waals surface area contributed by atoms with Gasteiger partial charge < -0.3 is 10.2 Å². The summed E-state index contributed by atoms with van der Waals surface area (Å²) in [7, 11) is 0. The van der Waals surface area contributed by atoms with E-state index in [1.807, 2.05) is 5.51 Å². The van der Waals surface area contributed by atoms with Crippen LogP contribution in [0.15, 0.2) is 10.9 Å². The molecule has 0 radical (unpaired) electrons. The zero-order valence-electron chi connectivity index (χ0n) is 10.9.